The molecule has 1 saturated carbocycles. The summed E-state index contributed by atoms with van der Waals surface area (Å²) < 4.78 is 5.29. The SMILES string of the molecule is COc1ccc([C@H]2CC(C(=O)NN3CC4CCCC4C3)=NN2c2ccc(Cl)cc2Cl)cc1. The maximum absolute atomic E-state index is 13.1. The molecule has 1 amide bonds. The number of methoxy groups -OCH3 is 1. The van der Waals surface area contributed by atoms with Gasteiger partial charge >= 0.3 is 0 Å². The Balaban J connectivity index is 1.39. The molecule has 6 nitrogen and oxygen atoms in total. The summed E-state index contributed by atoms with van der Waals surface area (Å²) in [5, 5.41) is 9.66. The normalized spacial score (nSPS) is 25.0. The molecule has 3 atom stereocenters. The van der Waals surface area contributed by atoms with Crippen molar-refractivity contribution >= 4 is 40.5 Å². The third-order valence-corrected chi connectivity index (χ3v) is 7.35. The number of halogens is 2. The number of nitrogens with zero attached hydrogens (tertiary/aromatic N) is 3. The Bertz CT molecular complexity index is 1030. The fraction of sp³-hybridized carbons (Fsp3) is 0.417. The standard InChI is InChI=1S/C24H26Cl2N4O2/c1-32-19-8-5-15(6-9-19)23-12-21(27-30(23)22-10-7-18(25)11-20(22)26)24(31)28-29-13-16-3-2-4-17(16)14-29/h5-11,16-17,23H,2-4,12-14H2,1H3,(H,28,31)/t16?,17?,23-/m1/s1. The zero-order chi connectivity index (χ0) is 22.2. The number of hydrazone groups is 1. The van der Waals surface area contributed by atoms with Crippen LogP contribution in [0.25, 0.3) is 0 Å². The molecule has 2 aromatic carbocycles. The van der Waals surface area contributed by atoms with Gasteiger partial charge < -0.3 is 4.74 Å². The Morgan fingerprint density at radius 1 is 1.09 bits per heavy atom. The molecule has 0 radical (unpaired) electrons. The first-order valence-corrected chi connectivity index (χ1v) is 11.8. The van der Waals surface area contributed by atoms with Crippen LogP contribution >= 0.6 is 23.2 Å². The highest BCUT2D eigenvalue weighted by atomic mass is 35.5. The van der Waals surface area contributed by atoms with Gasteiger partial charge in [-0.1, -0.05) is 41.8 Å². The largest absolute Gasteiger partial charge is 0.497 e. The predicted molar refractivity (Wildman–Crippen MR) is 127 cm³/mol. The van der Waals surface area contributed by atoms with E-state index < -0.39 is 0 Å². The van der Waals surface area contributed by atoms with Crippen molar-refractivity contribution in [1.82, 2.24) is 10.4 Å². The second-order valence-corrected chi connectivity index (χ2v) is 9.62. The maximum Gasteiger partial charge on any atom is 0.281 e. The van der Waals surface area contributed by atoms with Crippen LogP contribution in [-0.2, 0) is 4.79 Å². The van der Waals surface area contributed by atoms with Crippen LogP contribution in [0.3, 0.4) is 0 Å². The van der Waals surface area contributed by atoms with Crippen LogP contribution in [0, 0.1) is 11.8 Å². The van der Waals surface area contributed by atoms with Crippen LogP contribution in [0.15, 0.2) is 47.6 Å². The molecule has 3 aliphatic rings. The summed E-state index contributed by atoms with van der Waals surface area (Å²) >= 11 is 12.6. The summed E-state index contributed by atoms with van der Waals surface area (Å²) in [6.45, 7) is 1.86. The fourth-order valence-corrected chi connectivity index (χ4v) is 5.65. The highest BCUT2D eigenvalue weighted by molar-refractivity contribution is 6.40. The number of anilines is 1. The van der Waals surface area contributed by atoms with Gasteiger partial charge in [0.1, 0.15) is 11.5 Å². The lowest BCUT2D eigenvalue weighted by Crippen LogP contribution is -2.44. The lowest BCUT2D eigenvalue weighted by atomic mass is 10.0. The maximum atomic E-state index is 13.1. The van der Waals surface area contributed by atoms with Gasteiger partial charge in [0.15, 0.2) is 0 Å². The first-order chi connectivity index (χ1) is 15.5. The Morgan fingerprint density at radius 3 is 2.47 bits per heavy atom. The summed E-state index contributed by atoms with van der Waals surface area (Å²) in [5.74, 6) is 2.05. The Hall–Kier alpha value is -2.28. The Kier molecular flexibility index (Phi) is 6.01. The smallest absolute Gasteiger partial charge is 0.281 e. The number of amides is 1. The highest BCUT2D eigenvalue weighted by Gasteiger charge is 2.38. The van der Waals surface area contributed by atoms with E-state index in [0.717, 1.165) is 30.1 Å². The number of carbonyl (C=O) groups is 1. The topological polar surface area (TPSA) is 57.2 Å². The summed E-state index contributed by atoms with van der Waals surface area (Å²) in [5.41, 5.74) is 5.34. The minimum atomic E-state index is -0.154. The van der Waals surface area contributed by atoms with Crippen LogP contribution in [0.4, 0.5) is 5.69 Å². The molecule has 5 rings (SSSR count). The number of hydrazine groups is 1. The van der Waals surface area contributed by atoms with Crippen LogP contribution in [-0.4, -0.2) is 36.8 Å². The molecule has 2 heterocycles. The molecule has 1 aliphatic carbocycles. The minimum Gasteiger partial charge on any atom is -0.497 e. The third-order valence-electron chi connectivity index (χ3n) is 6.82. The predicted octanol–water partition coefficient (Wildman–Crippen LogP) is 5.07. The number of benzene rings is 2. The van der Waals surface area contributed by atoms with Crippen LogP contribution < -0.4 is 15.2 Å². The highest BCUT2D eigenvalue weighted by Crippen LogP contribution is 2.40. The van der Waals surface area contributed by atoms with Gasteiger partial charge in [0.05, 0.1) is 23.9 Å². The molecular formula is C24H26Cl2N4O2. The minimum absolute atomic E-state index is 0.143. The van der Waals surface area contributed by atoms with Crippen LogP contribution in [0.5, 0.6) is 5.75 Å². The molecular weight excluding hydrogens is 447 g/mol. The first-order valence-electron chi connectivity index (χ1n) is 11.0. The number of hydrogen-bond acceptors (Lipinski definition) is 5. The molecule has 32 heavy (non-hydrogen) atoms. The van der Waals surface area contributed by atoms with Gasteiger partial charge in [-0.15, -0.1) is 0 Å². The van der Waals surface area contributed by atoms with Crippen molar-refractivity contribution in [1.29, 1.82) is 0 Å². The lowest BCUT2D eigenvalue weighted by molar-refractivity contribution is -0.119. The van der Waals surface area contributed by atoms with E-state index >= 15 is 0 Å². The van der Waals surface area contributed by atoms with Crippen molar-refractivity contribution in [3.05, 3.63) is 58.1 Å². The van der Waals surface area contributed by atoms with Gasteiger partial charge in [0, 0.05) is 24.5 Å². The molecule has 2 aliphatic heterocycles. The summed E-state index contributed by atoms with van der Waals surface area (Å²) in [6, 6.07) is 13.0. The van der Waals surface area contributed by atoms with Gasteiger partial charge in [0.2, 0.25) is 0 Å². The van der Waals surface area contributed by atoms with Crippen LogP contribution in [0.2, 0.25) is 10.0 Å². The molecule has 0 aromatic heterocycles. The number of hydrogen-bond donors (Lipinski definition) is 1. The molecule has 2 fully saturated rings. The van der Waals surface area contributed by atoms with Crippen molar-refractivity contribution in [2.75, 3.05) is 25.2 Å². The van der Waals surface area contributed by atoms with Crippen molar-refractivity contribution in [3.8, 4) is 5.75 Å². The van der Waals surface area contributed by atoms with Gasteiger partial charge in [-0.2, -0.15) is 5.10 Å². The van der Waals surface area contributed by atoms with E-state index in [0.29, 0.717) is 34.0 Å². The van der Waals surface area contributed by atoms with Gasteiger partial charge in [-0.3, -0.25) is 15.2 Å². The van der Waals surface area contributed by atoms with E-state index in [4.69, 9.17) is 33.0 Å². The molecule has 1 saturated heterocycles. The average Bonchev–Trinajstić information content (AvgIpc) is 3.49. The Labute approximate surface area is 198 Å². The molecule has 0 bridgehead atoms. The van der Waals surface area contributed by atoms with E-state index in [9.17, 15) is 4.79 Å². The summed E-state index contributed by atoms with van der Waals surface area (Å²) in [7, 11) is 1.64. The molecule has 2 unspecified atom stereocenters. The zero-order valence-electron chi connectivity index (χ0n) is 17.9. The summed E-state index contributed by atoms with van der Waals surface area (Å²) in [6.07, 6.45) is 4.32. The first kappa shape index (κ1) is 21.6. The molecule has 2 aromatic rings. The average molecular weight is 473 g/mol. The van der Waals surface area contributed by atoms with Gasteiger partial charge in [-0.05, 0) is 60.6 Å². The third kappa shape index (κ3) is 4.19. The fourth-order valence-electron chi connectivity index (χ4n) is 5.16. The van der Waals surface area contributed by atoms with Gasteiger partial charge in [0.25, 0.3) is 5.91 Å². The second kappa shape index (κ2) is 8.93. The zero-order valence-corrected chi connectivity index (χ0v) is 19.4. The molecule has 0 spiro atoms. The van der Waals surface area contributed by atoms with E-state index in [1.165, 1.54) is 19.3 Å². The van der Waals surface area contributed by atoms with Crippen molar-refractivity contribution in [2.24, 2.45) is 16.9 Å². The molecule has 8 heteroatoms. The van der Waals surface area contributed by atoms with Gasteiger partial charge in [-0.25, -0.2) is 5.01 Å². The quantitative estimate of drug-likeness (QED) is 0.659. The lowest BCUT2D eigenvalue weighted by Gasteiger charge is -2.25. The molecule has 1 N–H and O–H groups in total. The van der Waals surface area contributed by atoms with Crippen LogP contribution in [0.1, 0.15) is 37.3 Å². The van der Waals surface area contributed by atoms with Crippen molar-refractivity contribution in [3.63, 3.8) is 0 Å². The second-order valence-electron chi connectivity index (χ2n) is 8.78. The van der Waals surface area contributed by atoms with E-state index in [-0.39, 0.29) is 11.9 Å². The number of fused-ring (bicyclic) bond motifs is 1. The number of carbonyl (C=O) groups excluding carboxylic acids is 1. The van der Waals surface area contributed by atoms with E-state index in [2.05, 4.69) is 10.4 Å². The van der Waals surface area contributed by atoms with Crippen molar-refractivity contribution < 1.29 is 9.53 Å². The number of rotatable bonds is 5. The van der Waals surface area contributed by atoms with E-state index in [1.807, 2.05) is 35.3 Å². The monoisotopic (exact) mass is 472 g/mol. The number of ether oxygens (including phenoxy) is 1. The summed E-state index contributed by atoms with van der Waals surface area (Å²) in [4.78, 5) is 13.1. The van der Waals surface area contributed by atoms with Crippen molar-refractivity contribution in [2.45, 2.75) is 31.7 Å². The van der Waals surface area contributed by atoms with E-state index in [1.54, 1.807) is 19.2 Å². The Morgan fingerprint density at radius 2 is 1.81 bits per heavy atom. The number of nitrogens with one attached hydrogen (secondary N) is 1. The molecule has 168 valence electrons.